The van der Waals surface area contributed by atoms with Crippen LogP contribution in [0.3, 0.4) is 0 Å². The first kappa shape index (κ1) is 21.3. The maximum atomic E-state index is 11.0. The minimum absolute atomic E-state index is 0.0303. The predicted octanol–water partition coefficient (Wildman–Crippen LogP) is 2.81. The fourth-order valence-corrected chi connectivity index (χ4v) is 4.29. The molecule has 2 aromatic rings. The van der Waals surface area contributed by atoms with Crippen LogP contribution in [0.2, 0.25) is 0 Å². The molecular formula is C21H29N3O5S. The Morgan fingerprint density at radius 1 is 1.33 bits per heavy atom. The van der Waals surface area contributed by atoms with Crippen LogP contribution in [0.5, 0.6) is 11.1 Å². The van der Waals surface area contributed by atoms with Crippen LogP contribution in [0.25, 0.3) is 10.3 Å². The number of hydrogen-bond acceptors (Lipinski definition) is 8. The molecule has 1 N–H and O–H groups in total. The first-order chi connectivity index (χ1) is 14.4. The van der Waals surface area contributed by atoms with E-state index in [1.165, 1.54) is 18.3 Å². The van der Waals surface area contributed by atoms with Crippen LogP contribution in [0.4, 0.5) is 0 Å². The van der Waals surface area contributed by atoms with Crippen molar-refractivity contribution in [2.75, 3.05) is 33.0 Å². The highest BCUT2D eigenvalue weighted by molar-refractivity contribution is 7.19. The lowest BCUT2D eigenvalue weighted by atomic mass is 9.83. The highest BCUT2D eigenvalue weighted by Gasteiger charge is 2.34. The number of thiazole rings is 1. The molecule has 4 rings (SSSR count). The van der Waals surface area contributed by atoms with E-state index < -0.39 is 0 Å². The van der Waals surface area contributed by atoms with E-state index >= 15 is 0 Å². The second kappa shape index (κ2) is 9.03. The Morgan fingerprint density at radius 2 is 2.13 bits per heavy atom. The molecule has 1 atom stereocenters. The SMILES string of the molecule is CC(=O)N[C@@H](C)COC1CC(COc2ccc3nc(OCC4(C)COC4)sc3n2)C1. The number of rotatable bonds is 10. The molecule has 0 bridgehead atoms. The van der Waals surface area contributed by atoms with Gasteiger partial charge in [0.05, 0.1) is 32.5 Å². The van der Waals surface area contributed by atoms with Crippen molar-refractivity contribution in [2.45, 2.75) is 45.8 Å². The molecule has 0 unspecified atom stereocenters. The summed E-state index contributed by atoms with van der Waals surface area (Å²) in [4.78, 5) is 20.9. The van der Waals surface area contributed by atoms with E-state index in [0.717, 1.165) is 36.4 Å². The Labute approximate surface area is 180 Å². The van der Waals surface area contributed by atoms with E-state index in [-0.39, 0.29) is 23.5 Å². The first-order valence-electron chi connectivity index (χ1n) is 10.4. The Morgan fingerprint density at radius 3 is 2.83 bits per heavy atom. The van der Waals surface area contributed by atoms with Crippen LogP contribution in [-0.2, 0) is 14.3 Å². The molecule has 3 heterocycles. The predicted molar refractivity (Wildman–Crippen MR) is 113 cm³/mol. The van der Waals surface area contributed by atoms with Crippen LogP contribution < -0.4 is 14.8 Å². The van der Waals surface area contributed by atoms with Crippen molar-refractivity contribution >= 4 is 27.6 Å². The van der Waals surface area contributed by atoms with E-state index in [4.69, 9.17) is 18.9 Å². The second-order valence-corrected chi connectivity index (χ2v) is 9.69. The summed E-state index contributed by atoms with van der Waals surface area (Å²) in [5.74, 6) is 1.05. The fourth-order valence-electron chi connectivity index (χ4n) is 3.51. The van der Waals surface area contributed by atoms with Crippen LogP contribution in [0, 0.1) is 11.3 Å². The second-order valence-electron chi connectivity index (χ2n) is 8.75. The van der Waals surface area contributed by atoms with Gasteiger partial charge in [-0.05, 0) is 31.7 Å². The molecular weight excluding hydrogens is 406 g/mol. The van der Waals surface area contributed by atoms with Crippen molar-refractivity contribution in [3.8, 4) is 11.1 Å². The average molecular weight is 436 g/mol. The van der Waals surface area contributed by atoms with E-state index in [0.29, 0.717) is 36.8 Å². The molecule has 1 aliphatic carbocycles. The maximum absolute atomic E-state index is 11.0. The van der Waals surface area contributed by atoms with E-state index in [1.807, 2.05) is 19.1 Å². The largest absolute Gasteiger partial charge is 0.477 e. The minimum Gasteiger partial charge on any atom is -0.477 e. The Hall–Kier alpha value is -1.97. The number of ether oxygens (including phenoxy) is 4. The third kappa shape index (κ3) is 5.39. The lowest BCUT2D eigenvalue weighted by Crippen LogP contribution is -2.44. The van der Waals surface area contributed by atoms with Gasteiger partial charge in [-0.15, -0.1) is 0 Å². The molecule has 2 fully saturated rings. The summed E-state index contributed by atoms with van der Waals surface area (Å²) in [5, 5.41) is 3.46. The van der Waals surface area contributed by atoms with Crippen LogP contribution in [-0.4, -0.2) is 61.1 Å². The zero-order valence-corrected chi connectivity index (χ0v) is 18.5. The summed E-state index contributed by atoms with van der Waals surface area (Å²) < 4.78 is 22.8. The van der Waals surface area contributed by atoms with E-state index in [9.17, 15) is 4.79 Å². The highest BCUT2D eigenvalue weighted by Crippen LogP contribution is 2.33. The molecule has 2 aromatic heterocycles. The number of hydrogen-bond donors (Lipinski definition) is 1. The van der Waals surface area contributed by atoms with Gasteiger partial charge in [0.25, 0.3) is 5.19 Å². The third-order valence-electron chi connectivity index (χ3n) is 5.35. The lowest BCUT2D eigenvalue weighted by molar-refractivity contribution is -0.120. The molecule has 1 aliphatic heterocycles. The Kier molecular flexibility index (Phi) is 6.40. The molecule has 30 heavy (non-hydrogen) atoms. The maximum Gasteiger partial charge on any atom is 0.275 e. The minimum atomic E-state index is -0.0303. The van der Waals surface area contributed by atoms with Gasteiger partial charge >= 0.3 is 0 Å². The first-order valence-corrected chi connectivity index (χ1v) is 11.2. The van der Waals surface area contributed by atoms with Gasteiger partial charge in [-0.3, -0.25) is 4.79 Å². The molecule has 1 amide bonds. The smallest absolute Gasteiger partial charge is 0.275 e. The van der Waals surface area contributed by atoms with E-state index in [1.54, 1.807) is 0 Å². The standard InChI is InChI=1S/C21H29N3O5S/c1-13(22-14(2)25)8-27-16-6-15(7-16)9-28-18-5-4-17-19(24-18)30-20(23-17)29-12-21(3)10-26-11-21/h4-5,13,15-16H,6-12H2,1-3H3,(H,22,25)/t13-,15?,16?/m0/s1. The average Bonchev–Trinajstić information content (AvgIpc) is 3.04. The van der Waals surface area contributed by atoms with Crippen LogP contribution in [0.15, 0.2) is 12.1 Å². The summed E-state index contributed by atoms with van der Waals surface area (Å²) >= 11 is 1.44. The van der Waals surface area contributed by atoms with Crippen molar-refractivity contribution < 1.29 is 23.7 Å². The number of pyridine rings is 1. The van der Waals surface area contributed by atoms with E-state index in [2.05, 4.69) is 22.2 Å². The van der Waals surface area contributed by atoms with Crippen molar-refractivity contribution in [3.63, 3.8) is 0 Å². The third-order valence-corrected chi connectivity index (χ3v) is 6.22. The van der Waals surface area contributed by atoms with Gasteiger partial charge in [-0.2, -0.15) is 0 Å². The molecule has 8 nitrogen and oxygen atoms in total. The highest BCUT2D eigenvalue weighted by atomic mass is 32.1. The van der Waals surface area contributed by atoms with Gasteiger partial charge in [0.2, 0.25) is 11.8 Å². The molecule has 9 heteroatoms. The van der Waals surface area contributed by atoms with Gasteiger partial charge in [0.15, 0.2) is 4.83 Å². The summed E-state index contributed by atoms with van der Waals surface area (Å²) in [6.45, 7) is 8.84. The van der Waals surface area contributed by atoms with Crippen LogP contribution in [0.1, 0.15) is 33.6 Å². The zero-order valence-electron chi connectivity index (χ0n) is 17.7. The van der Waals surface area contributed by atoms with Crippen molar-refractivity contribution in [3.05, 3.63) is 12.1 Å². The van der Waals surface area contributed by atoms with Crippen LogP contribution >= 0.6 is 11.3 Å². The molecule has 0 aromatic carbocycles. The summed E-state index contributed by atoms with van der Waals surface area (Å²) in [6.07, 6.45) is 2.18. The number of fused-ring (bicyclic) bond motifs is 1. The zero-order chi connectivity index (χ0) is 21.1. The van der Waals surface area contributed by atoms with Crippen molar-refractivity contribution in [1.82, 2.24) is 15.3 Å². The van der Waals surface area contributed by atoms with Gasteiger partial charge < -0.3 is 24.3 Å². The fraction of sp³-hybridized carbons (Fsp3) is 0.667. The van der Waals surface area contributed by atoms with Gasteiger partial charge in [-0.1, -0.05) is 18.3 Å². The molecule has 2 aliphatic rings. The van der Waals surface area contributed by atoms with Crippen molar-refractivity contribution in [2.24, 2.45) is 11.3 Å². The normalized spacial score (nSPS) is 23.3. The van der Waals surface area contributed by atoms with Gasteiger partial charge in [0.1, 0.15) is 12.1 Å². The van der Waals surface area contributed by atoms with Crippen molar-refractivity contribution in [1.29, 1.82) is 0 Å². The topological polar surface area (TPSA) is 91.8 Å². The number of carbonyl (C=O) groups is 1. The molecule has 1 saturated heterocycles. The number of carbonyl (C=O) groups excluding carboxylic acids is 1. The lowest BCUT2D eigenvalue weighted by Gasteiger charge is -2.37. The molecule has 0 spiro atoms. The molecule has 1 saturated carbocycles. The number of nitrogens with zero attached hydrogens (tertiary/aromatic N) is 2. The number of nitrogens with one attached hydrogen (secondary N) is 1. The van der Waals surface area contributed by atoms with Gasteiger partial charge in [0, 0.05) is 24.4 Å². The summed E-state index contributed by atoms with van der Waals surface area (Å²) in [7, 11) is 0. The summed E-state index contributed by atoms with van der Waals surface area (Å²) in [6, 6.07) is 3.81. The Bertz CT molecular complexity index is 879. The molecule has 0 radical (unpaired) electrons. The quantitative estimate of drug-likeness (QED) is 0.613. The summed E-state index contributed by atoms with van der Waals surface area (Å²) in [5.41, 5.74) is 0.911. The molecule has 164 valence electrons. The number of amides is 1. The Balaban J connectivity index is 1.19. The van der Waals surface area contributed by atoms with Gasteiger partial charge in [-0.25, -0.2) is 9.97 Å². The number of aromatic nitrogens is 2. The monoisotopic (exact) mass is 435 g/mol.